The summed E-state index contributed by atoms with van der Waals surface area (Å²) in [6.07, 6.45) is -0.0875. The summed E-state index contributed by atoms with van der Waals surface area (Å²) in [4.78, 5) is 27.3. The highest BCUT2D eigenvalue weighted by molar-refractivity contribution is 7.13. The summed E-state index contributed by atoms with van der Waals surface area (Å²) in [7, 11) is 0. The van der Waals surface area contributed by atoms with Crippen LogP contribution >= 0.6 is 11.3 Å². The van der Waals surface area contributed by atoms with E-state index in [0.717, 1.165) is 0 Å². The zero-order chi connectivity index (χ0) is 13.5. The number of aromatic nitrogens is 1. The lowest BCUT2D eigenvalue weighted by molar-refractivity contribution is -0.151. The molecule has 0 fully saturated rings. The predicted octanol–water partition coefficient (Wildman–Crippen LogP) is 1.33. The molecular weight excluding hydrogens is 256 g/mol. The number of nitrogen functional groups attached to an aromatic ring is 1. The van der Waals surface area contributed by atoms with Gasteiger partial charge in [-0.2, -0.15) is 0 Å². The Kier molecular flexibility index (Phi) is 5.57. The molecule has 1 aromatic heterocycles. The molecule has 1 rings (SSSR count). The number of rotatable bonds is 6. The third kappa shape index (κ3) is 3.99. The van der Waals surface area contributed by atoms with Gasteiger partial charge in [0.1, 0.15) is 5.92 Å². The van der Waals surface area contributed by atoms with Crippen molar-refractivity contribution in [3.05, 3.63) is 11.1 Å². The van der Waals surface area contributed by atoms with E-state index in [9.17, 15) is 9.59 Å². The van der Waals surface area contributed by atoms with Crippen LogP contribution in [-0.2, 0) is 19.1 Å². The van der Waals surface area contributed by atoms with Crippen LogP contribution in [0.1, 0.15) is 31.9 Å². The molecule has 0 amide bonds. The number of carbonyl (C=O) groups is 2. The molecule has 0 saturated heterocycles. The number of ether oxygens (including phenoxy) is 2. The van der Waals surface area contributed by atoms with Crippen molar-refractivity contribution in [3.63, 3.8) is 0 Å². The smallest absolute Gasteiger partial charge is 0.315 e. The van der Waals surface area contributed by atoms with E-state index in [-0.39, 0.29) is 19.6 Å². The number of hydrogen-bond acceptors (Lipinski definition) is 7. The van der Waals surface area contributed by atoms with E-state index in [1.54, 1.807) is 19.2 Å². The van der Waals surface area contributed by atoms with Gasteiger partial charge in [-0.1, -0.05) is 0 Å². The topological polar surface area (TPSA) is 91.5 Å². The van der Waals surface area contributed by atoms with Crippen LogP contribution in [0.25, 0.3) is 0 Å². The van der Waals surface area contributed by atoms with Gasteiger partial charge in [-0.3, -0.25) is 9.59 Å². The van der Waals surface area contributed by atoms with Gasteiger partial charge in [-0.15, -0.1) is 11.3 Å². The Morgan fingerprint density at radius 2 is 2.06 bits per heavy atom. The molecule has 1 heterocycles. The van der Waals surface area contributed by atoms with Crippen molar-refractivity contribution in [2.45, 2.75) is 26.2 Å². The first-order valence-electron chi connectivity index (χ1n) is 5.61. The van der Waals surface area contributed by atoms with Crippen molar-refractivity contribution < 1.29 is 19.1 Å². The molecule has 6 nitrogen and oxygen atoms in total. The fourth-order valence-electron chi connectivity index (χ4n) is 1.40. The average Bonchev–Trinajstić information content (AvgIpc) is 2.73. The van der Waals surface area contributed by atoms with Crippen molar-refractivity contribution in [2.24, 2.45) is 0 Å². The zero-order valence-corrected chi connectivity index (χ0v) is 11.2. The minimum Gasteiger partial charge on any atom is -0.466 e. The van der Waals surface area contributed by atoms with E-state index in [1.807, 2.05) is 0 Å². The number of nitrogens with zero attached hydrogens (tertiary/aromatic N) is 1. The first kappa shape index (κ1) is 14.4. The molecular formula is C11H16N2O4S. The van der Waals surface area contributed by atoms with Gasteiger partial charge < -0.3 is 15.2 Å². The predicted molar refractivity (Wildman–Crippen MR) is 67.2 cm³/mol. The molecule has 0 bridgehead atoms. The van der Waals surface area contributed by atoms with Gasteiger partial charge in [-0.05, 0) is 13.8 Å². The maximum atomic E-state index is 11.8. The largest absolute Gasteiger partial charge is 0.466 e. The van der Waals surface area contributed by atoms with Gasteiger partial charge in [0.15, 0.2) is 5.13 Å². The molecule has 18 heavy (non-hydrogen) atoms. The molecule has 1 unspecified atom stereocenters. The highest BCUT2D eigenvalue weighted by atomic mass is 32.1. The van der Waals surface area contributed by atoms with Gasteiger partial charge in [-0.25, -0.2) is 4.98 Å². The first-order valence-corrected chi connectivity index (χ1v) is 6.49. The minimum absolute atomic E-state index is 0.0875. The molecule has 0 spiro atoms. The molecule has 0 saturated carbocycles. The van der Waals surface area contributed by atoms with Gasteiger partial charge in [0.2, 0.25) is 0 Å². The van der Waals surface area contributed by atoms with Crippen LogP contribution in [0.5, 0.6) is 0 Å². The normalized spacial score (nSPS) is 11.9. The van der Waals surface area contributed by atoms with Crippen molar-refractivity contribution in [2.75, 3.05) is 18.9 Å². The Balaban J connectivity index is 2.81. The number of esters is 2. The minimum atomic E-state index is -0.752. The van der Waals surface area contributed by atoms with Crippen LogP contribution in [-0.4, -0.2) is 30.1 Å². The number of carbonyl (C=O) groups excluding carboxylic acids is 2. The molecule has 0 aliphatic heterocycles. The summed E-state index contributed by atoms with van der Waals surface area (Å²) >= 11 is 1.22. The lowest BCUT2D eigenvalue weighted by atomic mass is 10.0. The van der Waals surface area contributed by atoms with Crippen molar-refractivity contribution in [1.82, 2.24) is 4.98 Å². The van der Waals surface area contributed by atoms with E-state index in [4.69, 9.17) is 15.2 Å². The fraction of sp³-hybridized carbons (Fsp3) is 0.545. The summed E-state index contributed by atoms with van der Waals surface area (Å²) in [6.45, 7) is 3.93. The molecule has 2 N–H and O–H groups in total. The van der Waals surface area contributed by atoms with E-state index in [2.05, 4.69) is 4.98 Å². The summed E-state index contributed by atoms with van der Waals surface area (Å²) in [5.41, 5.74) is 5.97. The maximum Gasteiger partial charge on any atom is 0.315 e. The summed E-state index contributed by atoms with van der Waals surface area (Å²) in [6, 6.07) is 0. The Bertz CT molecular complexity index is 419. The van der Waals surface area contributed by atoms with Crippen LogP contribution in [0.4, 0.5) is 5.13 Å². The van der Waals surface area contributed by atoms with E-state index in [0.29, 0.717) is 10.8 Å². The van der Waals surface area contributed by atoms with Gasteiger partial charge >= 0.3 is 11.9 Å². The van der Waals surface area contributed by atoms with Crippen LogP contribution < -0.4 is 5.73 Å². The van der Waals surface area contributed by atoms with Gasteiger partial charge in [0, 0.05) is 5.38 Å². The second-order valence-corrected chi connectivity index (χ2v) is 4.31. The Morgan fingerprint density at radius 1 is 1.39 bits per heavy atom. The van der Waals surface area contributed by atoms with Gasteiger partial charge in [0.25, 0.3) is 0 Å². The molecule has 100 valence electrons. The fourth-order valence-corrected chi connectivity index (χ4v) is 2.02. The molecule has 0 aliphatic carbocycles. The van der Waals surface area contributed by atoms with Crippen molar-refractivity contribution in [1.29, 1.82) is 0 Å². The SMILES string of the molecule is CCOC(=O)CC(C(=O)OCC)c1csc(N)n1. The third-order valence-electron chi connectivity index (χ3n) is 2.14. The summed E-state index contributed by atoms with van der Waals surface area (Å²) in [5, 5.41) is 2.00. The van der Waals surface area contributed by atoms with E-state index < -0.39 is 17.9 Å². The highest BCUT2D eigenvalue weighted by Crippen LogP contribution is 2.24. The standard InChI is InChI=1S/C11H16N2O4S/c1-3-16-9(14)5-7(10(15)17-4-2)8-6-18-11(12)13-8/h6-7H,3-5H2,1-2H3,(H2,12,13). The summed E-state index contributed by atoms with van der Waals surface area (Å²) in [5.74, 6) is -1.70. The van der Waals surface area contributed by atoms with Crippen molar-refractivity contribution in [3.8, 4) is 0 Å². The monoisotopic (exact) mass is 272 g/mol. The third-order valence-corrected chi connectivity index (χ3v) is 2.84. The molecule has 1 atom stereocenters. The number of hydrogen-bond donors (Lipinski definition) is 1. The number of anilines is 1. The van der Waals surface area contributed by atoms with Gasteiger partial charge in [0.05, 0.1) is 25.3 Å². The lowest BCUT2D eigenvalue weighted by Crippen LogP contribution is -2.21. The highest BCUT2D eigenvalue weighted by Gasteiger charge is 2.28. The molecule has 0 aromatic carbocycles. The second kappa shape index (κ2) is 6.95. The molecule has 1 aromatic rings. The quantitative estimate of drug-likeness (QED) is 0.785. The second-order valence-electron chi connectivity index (χ2n) is 3.42. The Morgan fingerprint density at radius 3 is 2.56 bits per heavy atom. The number of thiazole rings is 1. The lowest BCUT2D eigenvalue weighted by Gasteiger charge is -2.12. The van der Waals surface area contributed by atoms with Crippen LogP contribution in [0.3, 0.4) is 0 Å². The van der Waals surface area contributed by atoms with Crippen molar-refractivity contribution >= 4 is 28.4 Å². The molecule has 7 heteroatoms. The Labute approximate surface area is 109 Å². The first-order chi connectivity index (χ1) is 8.58. The molecule has 0 aliphatic rings. The van der Waals surface area contributed by atoms with E-state index >= 15 is 0 Å². The average molecular weight is 272 g/mol. The molecule has 0 radical (unpaired) electrons. The van der Waals surface area contributed by atoms with E-state index in [1.165, 1.54) is 11.3 Å². The zero-order valence-electron chi connectivity index (χ0n) is 10.3. The summed E-state index contributed by atoms with van der Waals surface area (Å²) < 4.78 is 9.75. The number of nitrogens with two attached hydrogens (primary N) is 1. The van der Waals surface area contributed by atoms with Crippen LogP contribution in [0, 0.1) is 0 Å². The maximum absolute atomic E-state index is 11.8. The Hall–Kier alpha value is -1.63. The van der Waals surface area contributed by atoms with Crippen LogP contribution in [0.2, 0.25) is 0 Å². The van der Waals surface area contributed by atoms with Crippen LogP contribution in [0.15, 0.2) is 5.38 Å².